The quantitative estimate of drug-likeness (QED) is 0.0937. The molecule has 0 spiro atoms. The molecule has 53 heavy (non-hydrogen) atoms. The largest absolute Gasteiger partial charge is 0.496 e. The molecule has 0 saturated heterocycles. The standard InChI is InChI=1S/C45H48N2O6/c1-33(2)30-47(31-39(28-23-34-15-7-4-8-16-34)42(48)53-32-36-17-9-5-10-18-36)44(51)46-45(43(49)50,40-21-13-14-22-41(40)52-3)29-35-24-26-38(27-25-35)37-19-11-6-12-20-37/h4-22,24-27,33,39H,23,28-32H2,1-3H3,(H,46,51)(H,49,50)/t39?,45-/m0/s1. The number of carbonyl (C=O) groups excluding carboxylic acids is 2. The van der Waals surface area contributed by atoms with Gasteiger partial charge in [0.15, 0.2) is 5.54 Å². The van der Waals surface area contributed by atoms with E-state index in [0.717, 1.165) is 22.3 Å². The number of rotatable bonds is 17. The number of methoxy groups -OCH3 is 1. The molecular formula is C45H48N2O6. The second kappa shape index (κ2) is 18.6. The lowest BCUT2D eigenvalue weighted by atomic mass is 9.82. The van der Waals surface area contributed by atoms with Crippen LogP contribution in [0.5, 0.6) is 5.75 Å². The van der Waals surface area contributed by atoms with Crippen LogP contribution in [0.4, 0.5) is 4.79 Å². The predicted octanol–water partition coefficient (Wildman–Crippen LogP) is 8.54. The lowest BCUT2D eigenvalue weighted by molar-refractivity contribution is -0.151. The Bertz CT molecular complexity index is 1920. The summed E-state index contributed by atoms with van der Waals surface area (Å²) < 4.78 is 11.5. The van der Waals surface area contributed by atoms with Crippen LogP contribution in [-0.2, 0) is 39.3 Å². The molecule has 0 aliphatic heterocycles. The molecule has 5 rings (SSSR count). The highest BCUT2D eigenvalue weighted by Crippen LogP contribution is 2.35. The van der Waals surface area contributed by atoms with Gasteiger partial charge in [-0.05, 0) is 52.6 Å². The summed E-state index contributed by atoms with van der Waals surface area (Å²) in [5.74, 6) is -1.97. The van der Waals surface area contributed by atoms with E-state index in [1.54, 1.807) is 29.2 Å². The molecule has 0 radical (unpaired) electrons. The molecule has 0 aromatic heterocycles. The number of urea groups is 1. The number of carbonyl (C=O) groups is 3. The first-order chi connectivity index (χ1) is 25.7. The predicted molar refractivity (Wildman–Crippen MR) is 207 cm³/mol. The number of para-hydroxylation sites is 1. The maximum absolute atomic E-state index is 14.6. The van der Waals surface area contributed by atoms with E-state index in [2.05, 4.69) is 5.32 Å². The Kier molecular flexibility index (Phi) is 13.4. The minimum absolute atomic E-state index is 0.0203. The molecule has 0 aliphatic carbocycles. The smallest absolute Gasteiger partial charge is 0.334 e. The fourth-order valence-corrected chi connectivity index (χ4v) is 6.52. The van der Waals surface area contributed by atoms with Crippen molar-refractivity contribution >= 4 is 18.0 Å². The van der Waals surface area contributed by atoms with E-state index < -0.39 is 29.4 Å². The van der Waals surface area contributed by atoms with Gasteiger partial charge < -0.3 is 24.8 Å². The zero-order valence-electron chi connectivity index (χ0n) is 30.6. The zero-order chi connectivity index (χ0) is 37.6. The third-order valence-electron chi connectivity index (χ3n) is 9.28. The van der Waals surface area contributed by atoms with Gasteiger partial charge >= 0.3 is 18.0 Å². The van der Waals surface area contributed by atoms with Crippen molar-refractivity contribution in [3.05, 3.63) is 162 Å². The third kappa shape index (κ3) is 10.3. The van der Waals surface area contributed by atoms with Crippen molar-refractivity contribution in [2.24, 2.45) is 11.8 Å². The maximum atomic E-state index is 14.6. The number of carboxylic acids is 1. The monoisotopic (exact) mass is 712 g/mol. The lowest BCUT2D eigenvalue weighted by Crippen LogP contribution is -2.58. The van der Waals surface area contributed by atoms with Gasteiger partial charge in [0.05, 0.1) is 13.0 Å². The van der Waals surface area contributed by atoms with Crippen LogP contribution >= 0.6 is 0 Å². The maximum Gasteiger partial charge on any atom is 0.334 e. The van der Waals surface area contributed by atoms with Gasteiger partial charge in [0.25, 0.3) is 0 Å². The first-order valence-electron chi connectivity index (χ1n) is 18.0. The van der Waals surface area contributed by atoms with E-state index in [1.165, 1.54) is 7.11 Å². The van der Waals surface area contributed by atoms with E-state index in [0.29, 0.717) is 29.7 Å². The number of carboxylic acid groups (broad SMARTS) is 1. The van der Waals surface area contributed by atoms with Crippen LogP contribution in [0.25, 0.3) is 11.1 Å². The average Bonchev–Trinajstić information content (AvgIpc) is 3.19. The second-order valence-electron chi connectivity index (χ2n) is 13.7. The normalized spacial score (nSPS) is 12.7. The number of amides is 2. The minimum atomic E-state index is -1.92. The first-order valence-corrected chi connectivity index (χ1v) is 18.0. The van der Waals surface area contributed by atoms with Crippen LogP contribution in [0.15, 0.2) is 140 Å². The topological polar surface area (TPSA) is 105 Å². The fraction of sp³-hybridized carbons (Fsp3) is 0.267. The van der Waals surface area contributed by atoms with Gasteiger partial charge in [-0.1, -0.05) is 147 Å². The van der Waals surface area contributed by atoms with E-state index in [1.807, 2.05) is 129 Å². The average molecular weight is 713 g/mol. The number of aliphatic carboxylic acids is 1. The summed E-state index contributed by atoms with van der Waals surface area (Å²) in [5.41, 5.74) is 3.05. The molecule has 0 fully saturated rings. The number of hydrogen-bond donors (Lipinski definition) is 2. The molecule has 5 aromatic carbocycles. The van der Waals surface area contributed by atoms with Gasteiger partial charge in [-0.15, -0.1) is 0 Å². The summed E-state index contributed by atoms with van der Waals surface area (Å²) in [7, 11) is 1.48. The van der Waals surface area contributed by atoms with Crippen LogP contribution in [0.3, 0.4) is 0 Å². The summed E-state index contributed by atoms with van der Waals surface area (Å²) in [6.07, 6.45) is 0.974. The Morgan fingerprint density at radius 1 is 0.698 bits per heavy atom. The molecule has 2 atom stereocenters. The minimum Gasteiger partial charge on any atom is -0.496 e. The Morgan fingerprint density at radius 2 is 1.26 bits per heavy atom. The summed E-state index contributed by atoms with van der Waals surface area (Å²) >= 11 is 0. The molecule has 8 heteroatoms. The van der Waals surface area contributed by atoms with Crippen LogP contribution in [-0.4, -0.2) is 48.2 Å². The van der Waals surface area contributed by atoms with Crippen molar-refractivity contribution in [3.8, 4) is 16.9 Å². The van der Waals surface area contributed by atoms with Crippen LogP contribution in [0, 0.1) is 11.8 Å². The number of hydrogen-bond acceptors (Lipinski definition) is 5. The van der Waals surface area contributed by atoms with Crippen molar-refractivity contribution in [2.75, 3.05) is 20.2 Å². The molecule has 0 aliphatic rings. The molecule has 1 unspecified atom stereocenters. The summed E-state index contributed by atoms with van der Waals surface area (Å²) in [4.78, 5) is 43.5. The highest BCUT2D eigenvalue weighted by atomic mass is 16.5. The molecule has 0 saturated carbocycles. The van der Waals surface area contributed by atoms with E-state index in [-0.39, 0.29) is 32.0 Å². The molecule has 2 N–H and O–H groups in total. The van der Waals surface area contributed by atoms with Gasteiger partial charge in [0.2, 0.25) is 0 Å². The van der Waals surface area contributed by atoms with E-state index >= 15 is 0 Å². The summed E-state index contributed by atoms with van der Waals surface area (Å²) in [5, 5.41) is 14.1. The molecule has 0 bridgehead atoms. The number of nitrogens with one attached hydrogen (secondary N) is 1. The summed E-state index contributed by atoms with van der Waals surface area (Å²) in [6.45, 7) is 4.39. The Balaban J connectivity index is 1.47. The van der Waals surface area contributed by atoms with Crippen molar-refractivity contribution in [3.63, 3.8) is 0 Å². The first kappa shape index (κ1) is 38.3. The summed E-state index contributed by atoms with van der Waals surface area (Å²) in [6, 6.07) is 43.1. The second-order valence-corrected chi connectivity index (χ2v) is 13.7. The van der Waals surface area contributed by atoms with Crippen molar-refractivity contribution in [2.45, 2.75) is 45.3 Å². The third-order valence-corrected chi connectivity index (χ3v) is 9.28. The molecule has 2 amide bonds. The van der Waals surface area contributed by atoms with Gasteiger partial charge in [-0.25, -0.2) is 9.59 Å². The number of ether oxygens (including phenoxy) is 2. The van der Waals surface area contributed by atoms with E-state index in [9.17, 15) is 19.5 Å². The van der Waals surface area contributed by atoms with Gasteiger partial charge in [0.1, 0.15) is 12.4 Å². The highest BCUT2D eigenvalue weighted by Gasteiger charge is 2.45. The van der Waals surface area contributed by atoms with Crippen molar-refractivity contribution < 1.29 is 29.0 Å². The molecule has 5 aromatic rings. The lowest BCUT2D eigenvalue weighted by Gasteiger charge is -2.36. The Morgan fingerprint density at radius 3 is 1.87 bits per heavy atom. The van der Waals surface area contributed by atoms with Crippen molar-refractivity contribution in [1.29, 1.82) is 0 Å². The molecule has 8 nitrogen and oxygen atoms in total. The molecule has 0 heterocycles. The Labute approximate surface area is 312 Å². The number of aryl methyl sites for hydroxylation is 1. The molecular weight excluding hydrogens is 665 g/mol. The van der Waals surface area contributed by atoms with E-state index in [4.69, 9.17) is 9.47 Å². The zero-order valence-corrected chi connectivity index (χ0v) is 30.6. The fourth-order valence-electron chi connectivity index (χ4n) is 6.52. The van der Waals surface area contributed by atoms with Gasteiger partial charge in [-0.2, -0.15) is 0 Å². The Hall–Kier alpha value is -5.89. The van der Waals surface area contributed by atoms with Crippen molar-refractivity contribution in [1.82, 2.24) is 10.2 Å². The van der Waals surface area contributed by atoms with Gasteiger partial charge in [0, 0.05) is 25.1 Å². The number of esters is 1. The number of benzene rings is 5. The van der Waals surface area contributed by atoms with Gasteiger partial charge in [-0.3, -0.25) is 4.79 Å². The SMILES string of the molecule is COc1ccccc1[C@](Cc1ccc(-c2ccccc2)cc1)(NC(=O)N(CC(C)C)CC(CCc1ccccc1)C(=O)OCc1ccccc1)C(=O)O. The van der Waals surface area contributed by atoms with Crippen LogP contribution < -0.4 is 10.1 Å². The highest BCUT2D eigenvalue weighted by molar-refractivity contribution is 5.89. The molecule has 274 valence electrons. The van der Waals surface area contributed by atoms with Crippen LogP contribution in [0.2, 0.25) is 0 Å². The van der Waals surface area contributed by atoms with Crippen LogP contribution in [0.1, 0.15) is 42.5 Å². The number of nitrogens with zero attached hydrogens (tertiary/aromatic N) is 1.